The van der Waals surface area contributed by atoms with Gasteiger partial charge >= 0.3 is 11.9 Å². The first kappa shape index (κ1) is 21.4. The van der Waals surface area contributed by atoms with E-state index in [1.54, 1.807) is 6.92 Å². The van der Waals surface area contributed by atoms with Crippen LogP contribution in [0.3, 0.4) is 0 Å². The van der Waals surface area contributed by atoms with Crippen molar-refractivity contribution in [2.75, 3.05) is 0 Å². The van der Waals surface area contributed by atoms with Crippen LogP contribution in [0.2, 0.25) is 0 Å². The highest BCUT2D eigenvalue weighted by Crippen LogP contribution is 2.61. The normalized spacial score (nSPS) is 35.5. The van der Waals surface area contributed by atoms with Crippen LogP contribution in [-0.2, 0) is 19.1 Å². The van der Waals surface area contributed by atoms with E-state index in [1.165, 1.54) is 32.1 Å². The molecule has 2 atom stereocenters. The zero-order chi connectivity index (χ0) is 20.6. The summed E-state index contributed by atoms with van der Waals surface area (Å²) < 4.78 is 11.8. The molecule has 0 aliphatic heterocycles. The van der Waals surface area contributed by atoms with E-state index in [0.717, 1.165) is 18.3 Å². The number of hydrogen-bond acceptors (Lipinski definition) is 4. The van der Waals surface area contributed by atoms with Gasteiger partial charge in [0, 0.05) is 5.57 Å². The minimum absolute atomic E-state index is 0.119. The van der Waals surface area contributed by atoms with Gasteiger partial charge in [-0.2, -0.15) is 0 Å². The lowest BCUT2D eigenvalue weighted by Gasteiger charge is -2.61. The van der Waals surface area contributed by atoms with Crippen molar-refractivity contribution in [1.82, 2.24) is 0 Å². The largest absolute Gasteiger partial charge is 0.459 e. The number of rotatable bonds is 8. The van der Waals surface area contributed by atoms with E-state index in [1.807, 2.05) is 13.8 Å². The van der Waals surface area contributed by atoms with E-state index in [-0.39, 0.29) is 23.6 Å². The highest BCUT2D eigenvalue weighted by atomic mass is 16.6. The lowest BCUT2D eigenvalue weighted by molar-refractivity contribution is -0.218. The third-order valence-corrected chi connectivity index (χ3v) is 7.28. The van der Waals surface area contributed by atoms with Gasteiger partial charge in [0.25, 0.3) is 0 Å². The summed E-state index contributed by atoms with van der Waals surface area (Å²) in [4.78, 5) is 24.8. The van der Waals surface area contributed by atoms with Gasteiger partial charge in [0.15, 0.2) is 0 Å². The van der Waals surface area contributed by atoms with Crippen LogP contribution in [0.15, 0.2) is 12.2 Å². The van der Waals surface area contributed by atoms with Gasteiger partial charge in [0.1, 0.15) is 11.7 Å². The molecule has 4 bridgehead atoms. The zero-order valence-electron chi connectivity index (χ0n) is 18.3. The van der Waals surface area contributed by atoms with Gasteiger partial charge in [0.2, 0.25) is 0 Å². The van der Waals surface area contributed by atoms with Crippen molar-refractivity contribution >= 4 is 11.9 Å². The Morgan fingerprint density at radius 3 is 2.00 bits per heavy atom. The Hall–Kier alpha value is -1.32. The molecule has 0 N–H and O–H groups in total. The quantitative estimate of drug-likeness (QED) is 0.416. The second-order valence-corrected chi connectivity index (χ2v) is 10.4. The average Bonchev–Trinajstić information content (AvgIpc) is 2.57. The molecule has 4 nitrogen and oxygen atoms in total. The van der Waals surface area contributed by atoms with Crippen LogP contribution in [0, 0.1) is 35.5 Å². The van der Waals surface area contributed by atoms with Crippen molar-refractivity contribution in [1.29, 1.82) is 0 Å². The van der Waals surface area contributed by atoms with E-state index in [0.29, 0.717) is 29.7 Å². The lowest BCUT2D eigenvalue weighted by atomic mass is 9.48. The molecule has 4 aliphatic carbocycles. The van der Waals surface area contributed by atoms with Crippen LogP contribution in [0.1, 0.15) is 79.6 Å². The van der Waals surface area contributed by atoms with E-state index in [4.69, 9.17) is 9.47 Å². The van der Waals surface area contributed by atoms with E-state index >= 15 is 0 Å². The third-order valence-electron chi connectivity index (χ3n) is 7.28. The lowest BCUT2D eigenvalue weighted by Crippen LogP contribution is -2.60. The van der Waals surface area contributed by atoms with Gasteiger partial charge in [-0.3, -0.25) is 4.79 Å². The molecule has 28 heavy (non-hydrogen) atoms. The first-order valence-corrected chi connectivity index (χ1v) is 11.2. The summed E-state index contributed by atoms with van der Waals surface area (Å²) in [5.74, 6) is 2.46. The topological polar surface area (TPSA) is 52.6 Å². The van der Waals surface area contributed by atoms with Crippen molar-refractivity contribution in [2.45, 2.75) is 91.3 Å². The molecule has 0 aromatic rings. The molecule has 0 aromatic carbocycles. The molecule has 0 aromatic heterocycles. The Kier molecular flexibility index (Phi) is 6.26. The maximum Gasteiger partial charge on any atom is 0.333 e. The maximum atomic E-state index is 13.1. The molecule has 2 unspecified atom stereocenters. The molecule has 0 spiro atoms. The van der Waals surface area contributed by atoms with E-state index < -0.39 is 5.97 Å². The number of esters is 2. The number of carbonyl (C=O) groups is 2. The second-order valence-electron chi connectivity index (χ2n) is 10.4. The first-order chi connectivity index (χ1) is 13.1. The first-order valence-electron chi connectivity index (χ1n) is 11.2. The minimum atomic E-state index is -0.398. The standard InChI is InChI=1S/C24H38O4/c1-14(2)13-24(20-9-18-8-19(11-20)12-21(24)10-18)28-23(26)16(5)7-17(6)27-22(25)15(3)4/h14,16-21H,3,7-13H2,1-2,4-6H3. The fraction of sp³-hybridized carbons (Fsp3) is 0.833. The molecule has 4 aliphatic rings. The average molecular weight is 391 g/mol. The highest BCUT2D eigenvalue weighted by Gasteiger charge is 2.59. The predicted octanol–water partition coefficient (Wildman–Crippen LogP) is 5.30. The minimum Gasteiger partial charge on any atom is -0.459 e. The zero-order valence-corrected chi connectivity index (χ0v) is 18.3. The summed E-state index contributed by atoms with van der Waals surface area (Å²) in [6.07, 6.45) is 7.44. The summed E-state index contributed by atoms with van der Waals surface area (Å²) >= 11 is 0. The molecule has 0 saturated heterocycles. The molecule has 0 amide bonds. The second kappa shape index (κ2) is 8.20. The van der Waals surface area contributed by atoms with E-state index in [2.05, 4.69) is 20.4 Å². The monoisotopic (exact) mass is 390 g/mol. The van der Waals surface area contributed by atoms with Crippen LogP contribution < -0.4 is 0 Å². The van der Waals surface area contributed by atoms with Gasteiger partial charge in [-0.15, -0.1) is 0 Å². The molecule has 4 saturated carbocycles. The summed E-state index contributed by atoms with van der Waals surface area (Å²) in [7, 11) is 0. The highest BCUT2D eigenvalue weighted by molar-refractivity contribution is 5.87. The summed E-state index contributed by atoms with van der Waals surface area (Å²) in [5, 5.41) is 0. The third kappa shape index (κ3) is 4.31. The molecular weight excluding hydrogens is 352 g/mol. The van der Waals surface area contributed by atoms with Gasteiger partial charge in [-0.25, -0.2) is 4.79 Å². The van der Waals surface area contributed by atoms with Gasteiger partial charge in [-0.1, -0.05) is 27.4 Å². The van der Waals surface area contributed by atoms with E-state index in [9.17, 15) is 9.59 Å². The van der Waals surface area contributed by atoms with Crippen LogP contribution in [0.4, 0.5) is 0 Å². The molecular formula is C24H38O4. The van der Waals surface area contributed by atoms with Gasteiger partial charge < -0.3 is 9.47 Å². The molecule has 0 heterocycles. The van der Waals surface area contributed by atoms with Crippen molar-refractivity contribution < 1.29 is 19.1 Å². The Bertz CT molecular complexity index is 592. The van der Waals surface area contributed by atoms with Crippen molar-refractivity contribution in [3.05, 3.63) is 12.2 Å². The number of hydrogen-bond donors (Lipinski definition) is 0. The number of ether oxygens (including phenoxy) is 2. The molecule has 0 radical (unpaired) electrons. The Morgan fingerprint density at radius 1 is 1.00 bits per heavy atom. The van der Waals surface area contributed by atoms with Crippen LogP contribution in [0.25, 0.3) is 0 Å². The van der Waals surface area contributed by atoms with Gasteiger partial charge in [0.05, 0.1) is 5.92 Å². The van der Waals surface area contributed by atoms with Crippen molar-refractivity contribution in [3.63, 3.8) is 0 Å². The Morgan fingerprint density at radius 2 is 1.54 bits per heavy atom. The molecule has 4 fully saturated rings. The smallest absolute Gasteiger partial charge is 0.333 e. The Balaban J connectivity index is 1.67. The maximum absolute atomic E-state index is 13.1. The predicted molar refractivity (Wildman–Crippen MR) is 109 cm³/mol. The van der Waals surface area contributed by atoms with Crippen molar-refractivity contribution in [2.24, 2.45) is 35.5 Å². The molecule has 4 rings (SSSR count). The van der Waals surface area contributed by atoms with Crippen LogP contribution in [-0.4, -0.2) is 23.6 Å². The van der Waals surface area contributed by atoms with Crippen molar-refractivity contribution in [3.8, 4) is 0 Å². The summed E-state index contributed by atoms with van der Waals surface area (Å²) in [6.45, 7) is 13.5. The molecule has 4 heteroatoms. The summed E-state index contributed by atoms with van der Waals surface area (Å²) in [5.41, 5.74) is 0.108. The fourth-order valence-corrected chi connectivity index (χ4v) is 6.38. The van der Waals surface area contributed by atoms with Gasteiger partial charge in [-0.05, 0) is 88.4 Å². The number of carbonyl (C=O) groups excluding carboxylic acids is 2. The fourth-order valence-electron chi connectivity index (χ4n) is 6.38. The Labute approximate surface area is 170 Å². The van der Waals surface area contributed by atoms with Crippen LogP contribution in [0.5, 0.6) is 0 Å². The SMILES string of the molecule is C=C(C)C(=O)OC(C)CC(C)C(=O)OC1(CC(C)C)C2CC3CC(C2)CC1C3. The summed E-state index contributed by atoms with van der Waals surface area (Å²) in [6, 6.07) is 0. The van der Waals surface area contributed by atoms with Crippen LogP contribution >= 0.6 is 0 Å². The molecule has 158 valence electrons.